The molecule has 0 spiro atoms. The maximum Gasteiger partial charge on any atom is 0.331 e. The molecule has 9 heteroatoms. The van der Waals surface area contributed by atoms with Crippen LogP contribution < -0.4 is 5.32 Å². The summed E-state index contributed by atoms with van der Waals surface area (Å²) >= 11 is 6.37. The average molecular weight is 453 g/mol. The summed E-state index contributed by atoms with van der Waals surface area (Å²) in [4.78, 5) is 24.4. The van der Waals surface area contributed by atoms with E-state index in [9.17, 15) is 14.0 Å². The summed E-state index contributed by atoms with van der Waals surface area (Å²) in [6, 6.07) is 14.0. The molecule has 0 radical (unpaired) electrons. The van der Waals surface area contributed by atoms with Crippen LogP contribution >= 0.6 is 11.6 Å². The molecule has 0 aliphatic carbocycles. The summed E-state index contributed by atoms with van der Waals surface area (Å²) in [6.45, 7) is 3.14. The highest BCUT2D eigenvalue weighted by molar-refractivity contribution is 6.31. The normalized spacial score (nSPS) is 11.7. The standard InChI is InChI=1S/C23H18ClFN4O3/c1-14-20(22(24)29(28-14)19-8-6-17(25)7-9-19)10-11-21(30)32-15(2)23(31)27-18-5-3-4-16(12-18)13-26/h3-12,15H,1-2H3,(H,27,31)/b11-10+. The number of halogens is 2. The Balaban J connectivity index is 1.65. The molecule has 7 nitrogen and oxygen atoms in total. The average Bonchev–Trinajstić information content (AvgIpc) is 3.06. The molecule has 0 fully saturated rings. The van der Waals surface area contributed by atoms with E-state index in [1.807, 2.05) is 6.07 Å². The van der Waals surface area contributed by atoms with Gasteiger partial charge in [0.2, 0.25) is 0 Å². The number of aryl methyl sites for hydroxylation is 1. The Bertz CT molecular complexity index is 1230. The molecule has 0 aliphatic heterocycles. The fourth-order valence-electron chi connectivity index (χ4n) is 2.78. The van der Waals surface area contributed by atoms with Crippen LogP contribution in [0.1, 0.15) is 23.7 Å². The molecule has 0 saturated heterocycles. The van der Waals surface area contributed by atoms with E-state index in [1.165, 1.54) is 48.0 Å². The molecule has 1 amide bonds. The minimum absolute atomic E-state index is 0.237. The molecular formula is C23H18ClFN4O3. The van der Waals surface area contributed by atoms with Crippen molar-refractivity contribution < 1.29 is 18.7 Å². The number of carbonyl (C=O) groups excluding carboxylic acids is 2. The molecule has 1 N–H and O–H groups in total. The second kappa shape index (κ2) is 9.90. The van der Waals surface area contributed by atoms with Crippen LogP contribution in [-0.2, 0) is 14.3 Å². The highest BCUT2D eigenvalue weighted by Crippen LogP contribution is 2.25. The third kappa shape index (κ3) is 5.39. The maximum atomic E-state index is 13.1. The topological polar surface area (TPSA) is 97.0 Å². The molecule has 0 bridgehead atoms. The van der Waals surface area contributed by atoms with Gasteiger partial charge in [0.15, 0.2) is 6.10 Å². The largest absolute Gasteiger partial charge is 0.449 e. The van der Waals surface area contributed by atoms with Crippen LogP contribution in [0.3, 0.4) is 0 Å². The second-order valence-electron chi connectivity index (χ2n) is 6.77. The number of carbonyl (C=O) groups is 2. The molecule has 32 heavy (non-hydrogen) atoms. The van der Waals surface area contributed by atoms with Crippen molar-refractivity contribution in [1.29, 1.82) is 5.26 Å². The van der Waals surface area contributed by atoms with Crippen molar-refractivity contribution in [2.75, 3.05) is 5.32 Å². The number of anilines is 1. The van der Waals surface area contributed by atoms with Crippen molar-refractivity contribution in [3.05, 3.63) is 82.4 Å². The van der Waals surface area contributed by atoms with Crippen molar-refractivity contribution in [3.8, 4) is 11.8 Å². The zero-order chi connectivity index (χ0) is 23.3. The number of nitrogens with zero attached hydrogens (tertiary/aromatic N) is 3. The Hall–Kier alpha value is -3.96. The van der Waals surface area contributed by atoms with Gasteiger partial charge < -0.3 is 10.1 Å². The predicted molar refractivity (Wildman–Crippen MR) is 118 cm³/mol. The number of benzene rings is 2. The Morgan fingerprint density at radius 2 is 2.00 bits per heavy atom. The number of esters is 1. The third-order valence-corrected chi connectivity index (χ3v) is 4.79. The summed E-state index contributed by atoms with van der Waals surface area (Å²) in [5.41, 5.74) is 2.41. The van der Waals surface area contributed by atoms with Gasteiger partial charge in [-0.25, -0.2) is 13.9 Å². The molecule has 0 saturated carbocycles. The van der Waals surface area contributed by atoms with Gasteiger partial charge in [-0.15, -0.1) is 0 Å². The lowest BCUT2D eigenvalue weighted by molar-refractivity contribution is -0.148. The van der Waals surface area contributed by atoms with Gasteiger partial charge >= 0.3 is 5.97 Å². The number of hydrogen-bond acceptors (Lipinski definition) is 5. The number of aromatic nitrogens is 2. The minimum Gasteiger partial charge on any atom is -0.449 e. The van der Waals surface area contributed by atoms with E-state index in [0.29, 0.717) is 28.2 Å². The summed E-state index contributed by atoms with van der Waals surface area (Å²) in [6.07, 6.45) is 1.51. The number of nitrogens with one attached hydrogen (secondary N) is 1. The fraction of sp³-hybridized carbons (Fsp3) is 0.130. The first kappa shape index (κ1) is 22.7. The van der Waals surface area contributed by atoms with E-state index >= 15 is 0 Å². The molecule has 3 aromatic rings. The molecule has 3 rings (SSSR count). The number of ether oxygens (including phenoxy) is 1. The molecule has 1 heterocycles. The summed E-state index contributed by atoms with van der Waals surface area (Å²) in [5.74, 6) is -1.67. The summed E-state index contributed by atoms with van der Waals surface area (Å²) < 4.78 is 19.7. The first-order chi connectivity index (χ1) is 15.3. The molecule has 0 aliphatic rings. The number of amides is 1. The maximum absolute atomic E-state index is 13.1. The molecule has 1 aromatic heterocycles. The van der Waals surface area contributed by atoms with Gasteiger partial charge in [0.1, 0.15) is 11.0 Å². The van der Waals surface area contributed by atoms with E-state index in [2.05, 4.69) is 10.4 Å². The Labute approximate surface area is 188 Å². The van der Waals surface area contributed by atoms with E-state index in [-0.39, 0.29) is 11.0 Å². The lowest BCUT2D eigenvalue weighted by Crippen LogP contribution is -2.29. The van der Waals surface area contributed by atoms with Gasteiger partial charge in [0.05, 0.1) is 23.0 Å². The van der Waals surface area contributed by atoms with Gasteiger partial charge in [-0.05, 0) is 62.4 Å². The van der Waals surface area contributed by atoms with Crippen molar-refractivity contribution in [2.24, 2.45) is 0 Å². The Kier molecular flexibility index (Phi) is 7.03. The highest BCUT2D eigenvalue weighted by atomic mass is 35.5. The van der Waals surface area contributed by atoms with E-state index in [4.69, 9.17) is 21.6 Å². The summed E-state index contributed by atoms with van der Waals surface area (Å²) in [7, 11) is 0. The predicted octanol–water partition coefficient (Wildman–Crippen LogP) is 4.43. The lowest BCUT2D eigenvalue weighted by atomic mass is 10.2. The smallest absolute Gasteiger partial charge is 0.331 e. The number of nitriles is 1. The van der Waals surface area contributed by atoms with Crippen LogP contribution in [-0.4, -0.2) is 27.8 Å². The molecule has 1 atom stereocenters. The third-order valence-electron chi connectivity index (χ3n) is 4.43. The van der Waals surface area contributed by atoms with Crippen molar-refractivity contribution in [1.82, 2.24) is 9.78 Å². The quantitative estimate of drug-likeness (QED) is 0.441. The van der Waals surface area contributed by atoms with Gasteiger partial charge in [-0.1, -0.05) is 17.7 Å². The zero-order valence-electron chi connectivity index (χ0n) is 17.2. The van der Waals surface area contributed by atoms with E-state index in [0.717, 1.165) is 6.08 Å². The Morgan fingerprint density at radius 3 is 2.69 bits per heavy atom. The number of hydrogen-bond donors (Lipinski definition) is 1. The molecule has 1 unspecified atom stereocenters. The van der Waals surface area contributed by atoms with E-state index in [1.54, 1.807) is 25.1 Å². The molecule has 162 valence electrons. The van der Waals surface area contributed by atoms with Gasteiger partial charge in [-0.2, -0.15) is 10.4 Å². The molecule has 2 aromatic carbocycles. The highest BCUT2D eigenvalue weighted by Gasteiger charge is 2.18. The van der Waals surface area contributed by atoms with Gasteiger partial charge in [0, 0.05) is 17.3 Å². The van der Waals surface area contributed by atoms with Gasteiger partial charge in [0.25, 0.3) is 5.91 Å². The van der Waals surface area contributed by atoms with Crippen molar-refractivity contribution >= 4 is 35.2 Å². The van der Waals surface area contributed by atoms with Crippen LogP contribution in [0, 0.1) is 24.1 Å². The first-order valence-electron chi connectivity index (χ1n) is 9.49. The molecular weight excluding hydrogens is 435 g/mol. The van der Waals surface area contributed by atoms with Crippen LogP contribution in [0.2, 0.25) is 5.15 Å². The minimum atomic E-state index is -1.07. The lowest BCUT2D eigenvalue weighted by Gasteiger charge is -2.12. The summed E-state index contributed by atoms with van der Waals surface area (Å²) in [5, 5.41) is 16.1. The monoisotopic (exact) mass is 452 g/mol. The first-order valence-corrected chi connectivity index (χ1v) is 9.87. The SMILES string of the molecule is Cc1nn(-c2ccc(F)cc2)c(Cl)c1/C=C/C(=O)OC(C)C(=O)Nc1cccc(C#N)c1. The zero-order valence-corrected chi connectivity index (χ0v) is 17.9. The van der Waals surface area contributed by atoms with Crippen molar-refractivity contribution in [3.63, 3.8) is 0 Å². The Morgan fingerprint density at radius 1 is 1.28 bits per heavy atom. The van der Waals surface area contributed by atoms with Crippen LogP contribution in [0.25, 0.3) is 11.8 Å². The van der Waals surface area contributed by atoms with Gasteiger partial charge in [-0.3, -0.25) is 4.79 Å². The second-order valence-corrected chi connectivity index (χ2v) is 7.13. The van der Waals surface area contributed by atoms with Crippen LogP contribution in [0.4, 0.5) is 10.1 Å². The van der Waals surface area contributed by atoms with Crippen LogP contribution in [0.15, 0.2) is 54.6 Å². The number of rotatable bonds is 6. The van der Waals surface area contributed by atoms with Crippen LogP contribution in [0.5, 0.6) is 0 Å². The fourth-order valence-corrected chi connectivity index (χ4v) is 3.12. The van der Waals surface area contributed by atoms with Crippen molar-refractivity contribution in [2.45, 2.75) is 20.0 Å². The van der Waals surface area contributed by atoms with E-state index < -0.39 is 18.0 Å².